The van der Waals surface area contributed by atoms with Gasteiger partial charge in [-0.05, 0) is 17.7 Å². The minimum atomic E-state index is -0.690. The Kier molecular flexibility index (Phi) is 4.60. The number of hydrogen-bond donors (Lipinski definition) is 2. The van der Waals surface area contributed by atoms with Gasteiger partial charge in [0.2, 0.25) is 0 Å². The molecule has 138 valence electrons. The number of fused-ring (bicyclic) bond motifs is 1. The van der Waals surface area contributed by atoms with Gasteiger partial charge in [-0.3, -0.25) is 13.9 Å². The van der Waals surface area contributed by atoms with Crippen molar-refractivity contribution in [2.45, 2.75) is 5.92 Å². The SMILES string of the molecule is C=CCOc1ccc([C@@H]2C(C#N)=C(N)Nc3c2c(=O)n(C)c(=O)n3C)cc1. The topological polar surface area (TPSA) is 115 Å². The molecule has 27 heavy (non-hydrogen) atoms. The van der Waals surface area contributed by atoms with Crippen molar-refractivity contribution in [3.63, 3.8) is 0 Å². The Bertz CT molecular complexity index is 1100. The second kappa shape index (κ2) is 6.88. The fraction of sp³-hybridized carbons (Fsp3) is 0.211. The molecular formula is C19H19N5O3. The fourth-order valence-electron chi connectivity index (χ4n) is 3.15. The van der Waals surface area contributed by atoms with Crippen molar-refractivity contribution >= 4 is 5.82 Å². The van der Waals surface area contributed by atoms with E-state index in [4.69, 9.17) is 10.5 Å². The zero-order chi connectivity index (χ0) is 19.7. The molecule has 0 fully saturated rings. The summed E-state index contributed by atoms with van der Waals surface area (Å²) in [7, 11) is 2.95. The number of ether oxygens (including phenoxy) is 1. The molecule has 1 aliphatic heterocycles. The van der Waals surface area contributed by atoms with E-state index in [1.54, 1.807) is 37.4 Å². The molecule has 0 amide bonds. The summed E-state index contributed by atoms with van der Waals surface area (Å²) in [6, 6.07) is 9.12. The first kappa shape index (κ1) is 18.1. The summed E-state index contributed by atoms with van der Waals surface area (Å²) in [5.74, 6) is 0.351. The van der Waals surface area contributed by atoms with E-state index in [1.165, 1.54) is 11.6 Å². The lowest BCUT2D eigenvalue weighted by Gasteiger charge is -2.28. The van der Waals surface area contributed by atoms with Gasteiger partial charge in [-0.25, -0.2) is 4.79 Å². The monoisotopic (exact) mass is 365 g/mol. The van der Waals surface area contributed by atoms with Crippen LogP contribution in [0.25, 0.3) is 0 Å². The van der Waals surface area contributed by atoms with Crippen molar-refractivity contribution in [3.05, 3.63) is 80.3 Å². The molecule has 0 radical (unpaired) electrons. The molecule has 3 rings (SSSR count). The van der Waals surface area contributed by atoms with Gasteiger partial charge >= 0.3 is 5.69 Å². The average Bonchev–Trinajstić information content (AvgIpc) is 2.68. The highest BCUT2D eigenvalue weighted by molar-refractivity contribution is 5.64. The molecule has 1 aromatic heterocycles. The quantitative estimate of drug-likeness (QED) is 0.778. The van der Waals surface area contributed by atoms with Crippen molar-refractivity contribution in [2.24, 2.45) is 19.8 Å². The van der Waals surface area contributed by atoms with Crippen LogP contribution in [0.15, 0.2) is 57.9 Å². The Morgan fingerprint density at radius 1 is 1.30 bits per heavy atom. The van der Waals surface area contributed by atoms with Gasteiger partial charge in [0.15, 0.2) is 0 Å². The van der Waals surface area contributed by atoms with Gasteiger partial charge in [-0.15, -0.1) is 0 Å². The molecule has 0 bridgehead atoms. The molecular weight excluding hydrogens is 346 g/mol. The summed E-state index contributed by atoms with van der Waals surface area (Å²) in [4.78, 5) is 25.1. The third-order valence-electron chi connectivity index (χ3n) is 4.52. The largest absolute Gasteiger partial charge is 0.490 e. The molecule has 1 aromatic carbocycles. The van der Waals surface area contributed by atoms with E-state index in [9.17, 15) is 14.9 Å². The van der Waals surface area contributed by atoms with Crippen molar-refractivity contribution in [3.8, 4) is 11.8 Å². The molecule has 8 heteroatoms. The predicted octanol–water partition coefficient (Wildman–Crippen LogP) is 0.900. The van der Waals surface area contributed by atoms with E-state index in [2.05, 4.69) is 18.0 Å². The summed E-state index contributed by atoms with van der Waals surface area (Å²) in [6.45, 7) is 3.97. The first-order valence-electron chi connectivity index (χ1n) is 8.21. The summed E-state index contributed by atoms with van der Waals surface area (Å²) in [6.07, 6.45) is 1.64. The van der Waals surface area contributed by atoms with Crippen LogP contribution in [-0.4, -0.2) is 15.7 Å². The zero-order valence-electron chi connectivity index (χ0n) is 15.0. The molecule has 0 aliphatic carbocycles. The van der Waals surface area contributed by atoms with Gasteiger partial charge in [0.05, 0.1) is 23.1 Å². The second-order valence-electron chi connectivity index (χ2n) is 6.13. The number of nitrogens with two attached hydrogens (primary N) is 1. The number of nitrogens with one attached hydrogen (secondary N) is 1. The Morgan fingerprint density at radius 3 is 2.56 bits per heavy atom. The van der Waals surface area contributed by atoms with Crippen LogP contribution in [0, 0.1) is 11.3 Å². The van der Waals surface area contributed by atoms with Gasteiger partial charge in [-0.2, -0.15) is 5.26 Å². The van der Waals surface area contributed by atoms with E-state index in [1.807, 2.05) is 0 Å². The summed E-state index contributed by atoms with van der Waals surface area (Å²) >= 11 is 0. The highest BCUT2D eigenvalue weighted by atomic mass is 16.5. The summed E-state index contributed by atoms with van der Waals surface area (Å²) in [5, 5.41) is 12.5. The molecule has 0 spiro atoms. The maximum Gasteiger partial charge on any atom is 0.332 e. The lowest BCUT2D eigenvalue weighted by Crippen LogP contribution is -2.43. The van der Waals surface area contributed by atoms with Crippen molar-refractivity contribution in [2.75, 3.05) is 11.9 Å². The lowest BCUT2D eigenvalue weighted by atomic mass is 9.84. The molecule has 3 N–H and O–H groups in total. The molecule has 1 aliphatic rings. The van der Waals surface area contributed by atoms with Gasteiger partial charge in [0, 0.05) is 14.1 Å². The third kappa shape index (κ3) is 2.89. The summed E-state index contributed by atoms with van der Waals surface area (Å²) < 4.78 is 7.81. The number of nitriles is 1. The maximum absolute atomic E-state index is 12.8. The predicted molar refractivity (Wildman–Crippen MR) is 101 cm³/mol. The summed E-state index contributed by atoms with van der Waals surface area (Å²) in [5.41, 5.74) is 6.28. The van der Waals surface area contributed by atoms with Crippen LogP contribution < -0.4 is 27.0 Å². The number of anilines is 1. The molecule has 0 unspecified atom stereocenters. The number of aromatic nitrogens is 2. The van der Waals surface area contributed by atoms with Crippen LogP contribution in [0.2, 0.25) is 0 Å². The number of benzene rings is 1. The van der Waals surface area contributed by atoms with Crippen LogP contribution in [0.1, 0.15) is 17.0 Å². The maximum atomic E-state index is 12.8. The Labute approximate surface area is 155 Å². The molecule has 0 saturated carbocycles. The highest BCUT2D eigenvalue weighted by Gasteiger charge is 2.34. The normalized spacial score (nSPS) is 15.5. The Morgan fingerprint density at radius 2 is 1.96 bits per heavy atom. The van der Waals surface area contributed by atoms with Crippen molar-refractivity contribution in [1.29, 1.82) is 5.26 Å². The van der Waals surface area contributed by atoms with Crippen molar-refractivity contribution in [1.82, 2.24) is 9.13 Å². The minimum absolute atomic E-state index is 0.116. The number of rotatable bonds is 4. The fourth-order valence-corrected chi connectivity index (χ4v) is 3.15. The number of hydrogen-bond acceptors (Lipinski definition) is 6. The van der Waals surface area contributed by atoms with E-state index in [-0.39, 0.29) is 17.2 Å². The molecule has 1 atom stereocenters. The van der Waals surface area contributed by atoms with E-state index < -0.39 is 17.2 Å². The van der Waals surface area contributed by atoms with Crippen LogP contribution in [0.5, 0.6) is 5.75 Å². The average molecular weight is 365 g/mol. The van der Waals surface area contributed by atoms with Crippen LogP contribution in [-0.2, 0) is 14.1 Å². The van der Waals surface area contributed by atoms with Gasteiger partial charge < -0.3 is 15.8 Å². The van der Waals surface area contributed by atoms with Crippen molar-refractivity contribution < 1.29 is 4.74 Å². The molecule has 0 saturated heterocycles. The first-order valence-corrected chi connectivity index (χ1v) is 8.21. The molecule has 2 aromatic rings. The van der Waals surface area contributed by atoms with Crippen LogP contribution >= 0.6 is 0 Å². The Hall–Kier alpha value is -3.73. The van der Waals surface area contributed by atoms with E-state index in [0.717, 1.165) is 4.57 Å². The third-order valence-corrected chi connectivity index (χ3v) is 4.52. The van der Waals surface area contributed by atoms with E-state index >= 15 is 0 Å². The van der Waals surface area contributed by atoms with Gasteiger partial charge in [0.25, 0.3) is 5.56 Å². The standard InChI is InChI=1S/C19H19N5O3/c1-4-9-27-12-7-5-11(6-8-12)14-13(10-20)16(21)22-17-15(14)18(25)24(3)19(26)23(17)2/h4-8,14,22H,1,9,21H2,2-3H3/t14-/m1/s1. The van der Waals surface area contributed by atoms with Crippen LogP contribution in [0.4, 0.5) is 5.82 Å². The minimum Gasteiger partial charge on any atom is -0.490 e. The number of allylic oxidation sites excluding steroid dienone is 1. The molecule has 8 nitrogen and oxygen atoms in total. The zero-order valence-corrected chi connectivity index (χ0v) is 15.0. The van der Waals surface area contributed by atoms with Gasteiger partial charge in [-0.1, -0.05) is 24.8 Å². The Balaban J connectivity index is 2.23. The van der Waals surface area contributed by atoms with Crippen LogP contribution in [0.3, 0.4) is 0 Å². The molecule has 2 heterocycles. The smallest absolute Gasteiger partial charge is 0.332 e. The second-order valence-corrected chi connectivity index (χ2v) is 6.13. The highest BCUT2D eigenvalue weighted by Crippen LogP contribution is 2.38. The van der Waals surface area contributed by atoms with E-state index in [0.29, 0.717) is 23.5 Å². The first-order chi connectivity index (χ1) is 12.9. The van der Waals surface area contributed by atoms with Gasteiger partial charge in [0.1, 0.15) is 24.0 Å². The number of nitrogens with zero attached hydrogens (tertiary/aromatic N) is 3. The lowest BCUT2D eigenvalue weighted by molar-refractivity contribution is 0.363.